The van der Waals surface area contributed by atoms with Gasteiger partial charge in [0, 0.05) is 13.6 Å². The zero-order chi connectivity index (χ0) is 10.7. The van der Waals surface area contributed by atoms with Crippen molar-refractivity contribution in [1.29, 1.82) is 5.26 Å². The lowest BCUT2D eigenvalue weighted by atomic mass is 10.3. The fourth-order valence-electron chi connectivity index (χ4n) is 1.35. The predicted molar refractivity (Wildman–Crippen MR) is 47.1 cm³/mol. The Morgan fingerprint density at radius 2 is 2.21 bits per heavy atom. The second-order valence-corrected chi connectivity index (χ2v) is 3.45. The molecule has 2 atom stereocenters. The number of carbonyl (C=O) groups is 2. The first kappa shape index (κ1) is 10.5. The number of nitriles is 1. The van der Waals surface area contributed by atoms with Crippen LogP contribution in [-0.4, -0.2) is 35.5 Å². The maximum Gasteiger partial charge on any atom is 0.307 e. The summed E-state index contributed by atoms with van der Waals surface area (Å²) in [7, 11) is 1.59. The van der Waals surface area contributed by atoms with E-state index in [0.717, 1.165) is 0 Å². The van der Waals surface area contributed by atoms with Gasteiger partial charge in [-0.3, -0.25) is 9.59 Å². The summed E-state index contributed by atoms with van der Waals surface area (Å²) in [5.41, 5.74) is 0. The highest BCUT2D eigenvalue weighted by Gasteiger charge is 2.49. The van der Waals surface area contributed by atoms with Gasteiger partial charge in [-0.05, 0) is 6.42 Å². The lowest BCUT2D eigenvalue weighted by molar-refractivity contribution is -0.141. The van der Waals surface area contributed by atoms with Gasteiger partial charge in [-0.1, -0.05) is 0 Å². The molecule has 1 N–H and O–H groups in total. The van der Waals surface area contributed by atoms with Crippen molar-refractivity contribution in [3.8, 4) is 6.07 Å². The van der Waals surface area contributed by atoms with Crippen LogP contribution in [0.3, 0.4) is 0 Å². The number of rotatable bonds is 4. The van der Waals surface area contributed by atoms with E-state index in [9.17, 15) is 9.59 Å². The molecule has 0 aromatic heterocycles. The minimum absolute atomic E-state index is 0.160. The van der Waals surface area contributed by atoms with Gasteiger partial charge in [0.15, 0.2) is 0 Å². The number of amides is 1. The molecule has 0 bridgehead atoms. The van der Waals surface area contributed by atoms with E-state index in [-0.39, 0.29) is 18.2 Å². The minimum Gasteiger partial charge on any atom is -0.481 e. The molecule has 0 radical (unpaired) electrons. The van der Waals surface area contributed by atoms with Crippen LogP contribution < -0.4 is 0 Å². The molecule has 2 unspecified atom stereocenters. The van der Waals surface area contributed by atoms with Crippen molar-refractivity contribution < 1.29 is 14.7 Å². The Bertz CT molecular complexity index is 295. The van der Waals surface area contributed by atoms with Crippen molar-refractivity contribution in [2.45, 2.75) is 12.8 Å². The summed E-state index contributed by atoms with van der Waals surface area (Å²) in [4.78, 5) is 23.4. The van der Waals surface area contributed by atoms with Crippen molar-refractivity contribution in [1.82, 2.24) is 4.90 Å². The molecule has 0 aromatic carbocycles. The van der Waals surface area contributed by atoms with Crippen LogP contribution in [0, 0.1) is 23.2 Å². The third-order valence-corrected chi connectivity index (χ3v) is 2.36. The fraction of sp³-hybridized carbons (Fsp3) is 0.667. The van der Waals surface area contributed by atoms with Gasteiger partial charge in [0.2, 0.25) is 5.91 Å². The van der Waals surface area contributed by atoms with Gasteiger partial charge in [-0.2, -0.15) is 5.26 Å². The maximum atomic E-state index is 11.5. The Balaban J connectivity index is 2.37. The summed E-state index contributed by atoms with van der Waals surface area (Å²) in [5.74, 6) is -1.94. The lowest BCUT2D eigenvalue weighted by Gasteiger charge is -2.14. The first-order valence-corrected chi connectivity index (χ1v) is 4.42. The van der Waals surface area contributed by atoms with E-state index < -0.39 is 11.9 Å². The topological polar surface area (TPSA) is 81.4 Å². The third kappa shape index (κ3) is 2.22. The monoisotopic (exact) mass is 196 g/mol. The molecule has 0 aliphatic heterocycles. The Morgan fingerprint density at radius 3 is 2.64 bits per heavy atom. The quantitative estimate of drug-likeness (QED) is 0.690. The van der Waals surface area contributed by atoms with Crippen LogP contribution in [0.5, 0.6) is 0 Å². The fourth-order valence-corrected chi connectivity index (χ4v) is 1.35. The van der Waals surface area contributed by atoms with E-state index in [0.29, 0.717) is 13.0 Å². The lowest BCUT2D eigenvalue weighted by Crippen LogP contribution is -2.30. The van der Waals surface area contributed by atoms with Crippen LogP contribution in [0.4, 0.5) is 0 Å². The van der Waals surface area contributed by atoms with Crippen molar-refractivity contribution in [2.75, 3.05) is 13.6 Å². The Labute approximate surface area is 81.9 Å². The van der Waals surface area contributed by atoms with Gasteiger partial charge in [0.05, 0.1) is 24.3 Å². The average Bonchev–Trinajstić information content (AvgIpc) is 2.92. The number of nitrogens with zero attached hydrogens (tertiary/aromatic N) is 2. The number of carboxylic acids is 1. The second kappa shape index (κ2) is 4.09. The van der Waals surface area contributed by atoms with E-state index in [1.165, 1.54) is 4.90 Å². The average molecular weight is 196 g/mol. The van der Waals surface area contributed by atoms with Crippen LogP contribution >= 0.6 is 0 Å². The molecule has 76 valence electrons. The van der Waals surface area contributed by atoms with E-state index in [1.54, 1.807) is 7.05 Å². The molecule has 1 amide bonds. The van der Waals surface area contributed by atoms with Gasteiger partial charge in [-0.15, -0.1) is 0 Å². The summed E-state index contributed by atoms with van der Waals surface area (Å²) in [6.45, 7) is 0.373. The van der Waals surface area contributed by atoms with Gasteiger partial charge in [0.1, 0.15) is 0 Å². The van der Waals surface area contributed by atoms with E-state index in [2.05, 4.69) is 0 Å². The molecule has 1 fully saturated rings. The summed E-state index contributed by atoms with van der Waals surface area (Å²) < 4.78 is 0. The highest BCUT2D eigenvalue weighted by Crippen LogP contribution is 2.39. The van der Waals surface area contributed by atoms with E-state index >= 15 is 0 Å². The van der Waals surface area contributed by atoms with Crippen LogP contribution in [0.15, 0.2) is 0 Å². The Kier molecular flexibility index (Phi) is 3.07. The maximum absolute atomic E-state index is 11.5. The van der Waals surface area contributed by atoms with Gasteiger partial charge in [-0.25, -0.2) is 0 Å². The molecule has 0 aromatic rings. The van der Waals surface area contributed by atoms with Gasteiger partial charge in [0.25, 0.3) is 0 Å². The largest absolute Gasteiger partial charge is 0.481 e. The van der Waals surface area contributed by atoms with Crippen LogP contribution in [-0.2, 0) is 9.59 Å². The highest BCUT2D eigenvalue weighted by molar-refractivity contribution is 5.89. The summed E-state index contributed by atoms with van der Waals surface area (Å²) >= 11 is 0. The van der Waals surface area contributed by atoms with E-state index in [1.807, 2.05) is 6.07 Å². The summed E-state index contributed by atoms with van der Waals surface area (Å²) in [6.07, 6.45) is 0.720. The van der Waals surface area contributed by atoms with Gasteiger partial charge >= 0.3 is 5.97 Å². The Morgan fingerprint density at radius 1 is 1.57 bits per heavy atom. The van der Waals surface area contributed by atoms with Crippen molar-refractivity contribution >= 4 is 11.9 Å². The number of hydrogen-bond donors (Lipinski definition) is 1. The molecule has 14 heavy (non-hydrogen) atoms. The number of carboxylic acid groups (broad SMARTS) is 1. The molecule has 1 aliphatic rings. The molecule has 1 aliphatic carbocycles. The zero-order valence-electron chi connectivity index (χ0n) is 7.93. The molecule has 0 heterocycles. The molecule has 0 saturated heterocycles. The summed E-state index contributed by atoms with van der Waals surface area (Å²) in [6, 6.07) is 1.94. The highest BCUT2D eigenvalue weighted by atomic mass is 16.4. The number of aliphatic carboxylic acids is 1. The molecular formula is C9H12N2O3. The molecule has 0 spiro atoms. The normalized spacial score (nSPS) is 23.7. The standard InChI is InChI=1S/C9H12N2O3/c1-11(4-2-3-10)8(12)6-5-7(6)9(13)14/h6-7H,2,4-5H2,1H3,(H,13,14). The van der Waals surface area contributed by atoms with Crippen molar-refractivity contribution in [3.63, 3.8) is 0 Å². The SMILES string of the molecule is CN(CCC#N)C(=O)C1CC1C(=O)O. The molecule has 5 nitrogen and oxygen atoms in total. The third-order valence-electron chi connectivity index (χ3n) is 2.36. The van der Waals surface area contributed by atoms with Gasteiger partial charge < -0.3 is 10.0 Å². The predicted octanol–water partition coefficient (Wildman–Crippen LogP) is 0.0792. The van der Waals surface area contributed by atoms with Crippen molar-refractivity contribution in [2.24, 2.45) is 11.8 Å². The van der Waals surface area contributed by atoms with E-state index in [4.69, 9.17) is 10.4 Å². The van der Waals surface area contributed by atoms with Crippen LogP contribution in [0.25, 0.3) is 0 Å². The molecule has 5 heteroatoms. The summed E-state index contributed by atoms with van der Waals surface area (Å²) in [5, 5.41) is 16.9. The smallest absolute Gasteiger partial charge is 0.307 e. The number of carbonyl (C=O) groups excluding carboxylic acids is 1. The first-order chi connectivity index (χ1) is 6.57. The molecular weight excluding hydrogens is 184 g/mol. The second-order valence-electron chi connectivity index (χ2n) is 3.45. The van der Waals surface area contributed by atoms with Crippen molar-refractivity contribution in [3.05, 3.63) is 0 Å². The molecule has 1 rings (SSSR count). The Hall–Kier alpha value is -1.57. The first-order valence-electron chi connectivity index (χ1n) is 4.42. The van der Waals surface area contributed by atoms with Crippen LogP contribution in [0.2, 0.25) is 0 Å². The minimum atomic E-state index is -0.906. The molecule has 1 saturated carbocycles. The number of hydrogen-bond acceptors (Lipinski definition) is 3. The van der Waals surface area contributed by atoms with Crippen LogP contribution in [0.1, 0.15) is 12.8 Å². The zero-order valence-corrected chi connectivity index (χ0v) is 7.93.